The van der Waals surface area contributed by atoms with Crippen molar-refractivity contribution >= 4 is 5.84 Å². The van der Waals surface area contributed by atoms with E-state index in [1.54, 1.807) is 0 Å². The molecule has 1 rings (SSSR count). The fourth-order valence-electron chi connectivity index (χ4n) is 2.06. The SMILES string of the molecule is CCCC1CCN(C(=N)C(C)C)C1. The van der Waals surface area contributed by atoms with Crippen LogP contribution in [0.4, 0.5) is 0 Å². The van der Waals surface area contributed by atoms with Gasteiger partial charge in [-0.25, -0.2) is 0 Å². The zero-order valence-electron chi connectivity index (χ0n) is 9.14. The summed E-state index contributed by atoms with van der Waals surface area (Å²) in [6.45, 7) is 8.70. The van der Waals surface area contributed by atoms with Gasteiger partial charge in [-0.15, -0.1) is 0 Å². The molecule has 0 saturated carbocycles. The zero-order valence-corrected chi connectivity index (χ0v) is 9.14. The third-order valence-electron chi connectivity index (χ3n) is 2.87. The second kappa shape index (κ2) is 4.64. The van der Waals surface area contributed by atoms with Crippen LogP contribution in [0, 0.1) is 17.2 Å². The Bertz CT molecular complexity index is 175. The molecule has 1 N–H and O–H groups in total. The first-order valence-electron chi connectivity index (χ1n) is 5.48. The lowest BCUT2D eigenvalue weighted by Gasteiger charge is -2.21. The molecule has 1 aliphatic rings. The molecular formula is C11H22N2. The number of rotatable bonds is 3. The smallest absolute Gasteiger partial charge is 0.0983 e. The highest BCUT2D eigenvalue weighted by Crippen LogP contribution is 2.22. The molecule has 1 atom stereocenters. The Hall–Kier alpha value is -0.530. The maximum atomic E-state index is 7.89. The van der Waals surface area contributed by atoms with Crippen LogP contribution in [0.25, 0.3) is 0 Å². The standard InChI is InChI=1S/C11H22N2/c1-4-5-10-6-7-13(8-10)11(12)9(2)3/h9-10,12H,4-8H2,1-3H3. The molecule has 2 heteroatoms. The summed E-state index contributed by atoms with van der Waals surface area (Å²) in [5.74, 6) is 2.07. The van der Waals surface area contributed by atoms with Crippen molar-refractivity contribution in [3.8, 4) is 0 Å². The first-order valence-corrected chi connectivity index (χ1v) is 5.48. The van der Waals surface area contributed by atoms with E-state index in [2.05, 4.69) is 25.7 Å². The van der Waals surface area contributed by atoms with Crippen molar-refractivity contribution in [2.24, 2.45) is 11.8 Å². The minimum absolute atomic E-state index is 0.389. The predicted octanol–water partition coefficient (Wildman–Crippen LogP) is 2.74. The Morgan fingerprint density at radius 2 is 2.23 bits per heavy atom. The van der Waals surface area contributed by atoms with Crippen LogP contribution in [0.2, 0.25) is 0 Å². The van der Waals surface area contributed by atoms with Gasteiger partial charge >= 0.3 is 0 Å². The van der Waals surface area contributed by atoms with Gasteiger partial charge in [-0.3, -0.25) is 5.41 Å². The highest BCUT2D eigenvalue weighted by molar-refractivity contribution is 5.81. The molecule has 76 valence electrons. The number of amidine groups is 1. The zero-order chi connectivity index (χ0) is 9.84. The lowest BCUT2D eigenvalue weighted by Crippen LogP contribution is -2.31. The number of hydrogen-bond donors (Lipinski definition) is 1. The van der Waals surface area contributed by atoms with Gasteiger partial charge in [0.1, 0.15) is 0 Å². The average Bonchev–Trinajstić information content (AvgIpc) is 2.52. The van der Waals surface area contributed by atoms with Crippen molar-refractivity contribution < 1.29 is 0 Å². The Morgan fingerprint density at radius 1 is 1.54 bits per heavy atom. The maximum Gasteiger partial charge on any atom is 0.0983 e. The van der Waals surface area contributed by atoms with Gasteiger partial charge < -0.3 is 4.90 Å². The molecule has 0 aromatic carbocycles. The van der Waals surface area contributed by atoms with Gasteiger partial charge in [0.2, 0.25) is 0 Å². The summed E-state index contributed by atoms with van der Waals surface area (Å²) in [5.41, 5.74) is 0. The van der Waals surface area contributed by atoms with E-state index in [0.717, 1.165) is 24.8 Å². The lowest BCUT2D eigenvalue weighted by molar-refractivity contribution is 0.439. The Balaban J connectivity index is 2.36. The molecule has 2 nitrogen and oxygen atoms in total. The van der Waals surface area contributed by atoms with E-state index >= 15 is 0 Å². The van der Waals surface area contributed by atoms with Crippen LogP contribution >= 0.6 is 0 Å². The fraction of sp³-hybridized carbons (Fsp3) is 0.909. The van der Waals surface area contributed by atoms with E-state index in [1.165, 1.54) is 19.3 Å². The molecule has 13 heavy (non-hydrogen) atoms. The number of hydrogen-bond acceptors (Lipinski definition) is 1. The van der Waals surface area contributed by atoms with E-state index in [-0.39, 0.29) is 0 Å². The van der Waals surface area contributed by atoms with Crippen molar-refractivity contribution in [2.45, 2.75) is 40.0 Å². The quantitative estimate of drug-likeness (QED) is 0.527. The molecule has 0 aromatic rings. The summed E-state index contributed by atoms with van der Waals surface area (Å²) >= 11 is 0. The molecule has 1 saturated heterocycles. The summed E-state index contributed by atoms with van der Waals surface area (Å²) in [6, 6.07) is 0. The molecule has 0 spiro atoms. The number of nitrogens with zero attached hydrogens (tertiary/aromatic N) is 1. The molecule has 1 unspecified atom stereocenters. The van der Waals surface area contributed by atoms with E-state index in [4.69, 9.17) is 5.41 Å². The number of likely N-dealkylation sites (tertiary alicyclic amines) is 1. The van der Waals surface area contributed by atoms with E-state index in [9.17, 15) is 0 Å². The molecule has 1 fully saturated rings. The molecule has 0 amide bonds. The Labute approximate surface area is 81.8 Å². The van der Waals surface area contributed by atoms with E-state index < -0.39 is 0 Å². The summed E-state index contributed by atoms with van der Waals surface area (Å²) in [4.78, 5) is 2.25. The van der Waals surface area contributed by atoms with Crippen LogP contribution < -0.4 is 0 Å². The van der Waals surface area contributed by atoms with Gasteiger partial charge in [0.05, 0.1) is 5.84 Å². The first-order chi connectivity index (χ1) is 6.15. The summed E-state index contributed by atoms with van der Waals surface area (Å²) in [7, 11) is 0. The van der Waals surface area contributed by atoms with Gasteiger partial charge in [-0.2, -0.15) is 0 Å². The van der Waals surface area contributed by atoms with Crippen LogP contribution in [-0.4, -0.2) is 23.8 Å². The third-order valence-corrected chi connectivity index (χ3v) is 2.87. The summed E-state index contributed by atoms with van der Waals surface area (Å²) < 4.78 is 0. The highest BCUT2D eigenvalue weighted by Gasteiger charge is 2.24. The van der Waals surface area contributed by atoms with Crippen molar-refractivity contribution in [2.75, 3.05) is 13.1 Å². The number of nitrogens with one attached hydrogen (secondary N) is 1. The molecule has 0 aromatic heterocycles. The van der Waals surface area contributed by atoms with Crippen LogP contribution in [0.5, 0.6) is 0 Å². The monoisotopic (exact) mass is 182 g/mol. The van der Waals surface area contributed by atoms with Gasteiger partial charge in [-0.05, 0) is 18.8 Å². The van der Waals surface area contributed by atoms with Gasteiger partial charge in [0, 0.05) is 19.0 Å². The van der Waals surface area contributed by atoms with Crippen molar-refractivity contribution in [3.63, 3.8) is 0 Å². The third kappa shape index (κ3) is 2.71. The molecule has 0 bridgehead atoms. The predicted molar refractivity (Wildman–Crippen MR) is 57.2 cm³/mol. The van der Waals surface area contributed by atoms with Crippen molar-refractivity contribution in [1.29, 1.82) is 5.41 Å². The molecule has 1 aliphatic heterocycles. The van der Waals surface area contributed by atoms with Gasteiger partial charge in [0.15, 0.2) is 0 Å². The molecular weight excluding hydrogens is 160 g/mol. The Kier molecular flexibility index (Phi) is 3.76. The minimum atomic E-state index is 0.389. The van der Waals surface area contributed by atoms with Crippen LogP contribution in [-0.2, 0) is 0 Å². The summed E-state index contributed by atoms with van der Waals surface area (Å²) in [5, 5.41) is 7.89. The van der Waals surface area contributed by atoms with E-state index in [1.807, 2.05) is 0 Å². The largest absolute Gasteiger partial charge is 0.360 e. The van der Waals surface area contributed by atoms with Crippen molar-refractivity contribution in [3.05, 3.63) is 0 Å². The highest BCUT2D eigenvalue weighted by atomic mass is 15.2. The maximum absolute atomic E-state index is 7.89. The average molecular weight is 182 g/mol. The van der Waals surface area contributed by atoms with Gasteiger partial charge in [-0.1, -0.05) is 27.2 Å². The fourth-order valence-corrected chi connectivity index (χ4v) is 2.06. The van der Waals surface area contributed by atoms with Crippen LogP contribution in [0.1, 0.15) is 40.0 Å². The molecule has 1 heterocycles. The molecule has 0 radical (unpaired) electrons. The lowest BCUT2D eigenvalue weighted by atomic mass is 10.0. The Morgan fingerprint density at radius 3 is 2.77 bits per heavy atom. The summed E-state index contributed by atoms with van der Waals surface area (Å²) in [6.07, 6.45) is 3.92. The second-order valence-electron chi connectivity index (χ2n) is 4.43. The molecule has 0 aliphatic carbocycles. The van der Waals surface area contributed by atoms with E-state index in [0.29, 0.717) is 5.92 Å². The van der Waals surface area contributed by atoms with Crippen LogP contribution in [0.3, 0.4) is 0 Å². The normalized spacial score (nSPS) is 22.8. The van der Waals surface area contributed by atoms with Gasteiger partial charge in [0.25, 0.3) is 0 Å². The second-order valence-corrected chi connectivity index (χ2v) is 4.43. The van der Waals surface area contributed by atoms with Crippen LogP contribution in [0.15, 0.2) is 0 Å². The minimum Gasteiger partial charge on any atom is -0.360 e. The van der Waals surface area contributed by atoms with Crippen molar-refractivity contribution in [1.82, 2.24) is 4.90 Å². The first kappa shape index (κ1) is 10.6. The topological polar surface area (TPSA) is 27.1 Å².